The zero-order chi connectivity index (χ0) is 14.9. The van der Waals surface area contributed by atoms with Gasteiger partial charge in [-0.15, -0.1) is 0 Å². The Morgan fingerprint density at radius 3 is 2.45 bits per heavy atom. The molecule has 104 valence electrons. The molecule has 0 radical (unpaired) electrons. The van der Waals surface area contributed by atoms with Gasteiger partial charge in [-0.25, -0.2) is 18.6 Å². The Bertz CT molecular complexity index is 677. The highest BCUT2D eigenvalue weighted by molar-refractivity contribution is 6.34. The zero-order valence-corrected chi connectivity index (χ0v) is 10.5. The fourth-order valence-corrected chi connectivity index (χ4v) is 1.65. The van der Waals surface area contributed by atoms with Crippen LogP contribution < -0.4 is 10.5 Å². The molecule has 0 bridgehead atoms. The van der Waals surface area contributed by atoms with E-state index in [-0.39, 0.29) is 11.3 Å². The second kappa shape index (κ2) is 5.30. The van der Waals surface area contributed by atoms with E-state index in [9.17, 15) is 13.6 Å². The number of carboxylic acid groups (broad SMARTS) is 1. The average molecular weight is 301 g/mol. The van der Waals surface area contributed by atoms with E-state index < -0.39 is 34.4 Å². The van der Waals surface area contributed by atoms with Gasteiger partial charge in [0.25, 0.3) is 0 Å². The predicted molar refractivity (Wildman–Crippen MR) is 67.7 cm³/mol. The number of aromatic nitrogens is 1. The van der Waals surface area contributed by atoms with Crippen molar-refractivity contribution in [3.8, 4) is 17.1 Å². The van der Waals surface area contributed by atoms with Crippen molar-refractivity contribution in [1.29, 1.82) is 0 Å². The Labute approximate surface area is 116 Å². The number of halogens is 3. The highest BCUT2D eigenvalue weighted by atomic mass is 35.5. The predicted octanol–water partition coefficient (Wildman–Crippen LogP) is 3.32. The number of hydrogen-bond donors (Lipinski definition) is 2. The molecule has 0 fully saturated rings. The summed E-state index contributed by atoms with van der Waals surface area (Å²) in [4.78, 5) is 14.2. The molecule has 0 saturated carbocycles. The molecule has 0 aliphatic rings. The highest BCUT2D eigenvalue weighted by Crippen LogP contribution is 2.36. The molecule has 0 aliphatic carbocycles. The van der Waals surface area contributed by atoms with Gasteiger partial charge in [0.1, 0.15) is 16.5 Å². The number of nitrogens with two attached hydrogens (primary N) is 1. The van der Waals surface area contributed by atoms with Crippen molar-refractivity contribution in [3.63, 3.8) is 0 Å². The third-order valence-corrected chi connectivity index (χ3v) is 2.75. The second-order valence-corrected chi connectivity index (χ2v) is 4.06. The largest absolute Gasteiger partial charge is 0.512 e. The summed E-state index contributed by atoms with van der Waals surface area (Å²) in [5, 5.41) is 8.10. The van der Waals surface area contributed by atoms with Crippen LogP contribution in [0.4, 0.5) is 19.3 Å². The minimum Gasteiger partial charge on any atom is -0.449 e. The maximum absolute atomic E-state index is 14.0. The molecular weight excluding hydrogens is 294 g/mol. The van der Waals surface area contributed by atoms with E-state index in [0.717, 1.165) is 12.1 Å². The summed E-state index contributed by atoms with van der Waals surface area (Å²) in [7, 11) is 0. The van der Waals surface area contributed by atoms with Crippen LogP contribution >= 0.6 is 11.6 Å². The molecule has 0 saturated heterocycles. The van der Waals surface area contributed by atoms with E-state index in [1.54, 1.807) is 0 Å². The zero-order valence-electron chi connectivity index (χ0n) is 9.73. The van der Waals surface area contributed by atoms with Crippen LogP contribution in [0.25, 0.3) is 11.3 Å². The van der Waals surface area contributed by atoms with Gasteiger partial charge in [-0.05, 0) is 24.3 Å². The van der Waals surface area contributed by atoms with Gasteiger partial charge in [0.2, 0.25) is 5.88 Å². The number of pyridine rings is 1. The summed E-state index contributed by atoms with van der Waals surface area (Å²) in [5.74, 6) is -2.00. The van der Waals surface area contributed by atoms with Crippen molar-refractivity contribution < 1.29 is 23.4 Å². The van der Waals surface area contributed by atoms with E-state index in [0.29, 0.717) is 0 Å². The molecule has 5 nitrogen and oxygen atoms in total. The number of benzene rings is 1. The van der Waals surface area contributed by atoms with Crippen molar-refractivity contribution in [2.75, 3.05) is 5.73 Å². The third-order valence-electron chi connectivity index (χ3n) is 2.38. The molecule has 8 heteroatoms. The second-order valence-electron chi connectivity index (χ2n) is 3.68. The molecule has 2 aromatic rings. The molecule has 0 unspecified atom stereocenters. The van der Waals surface area contributed by atoms with E-state index >= 15 is 0 Å². The standard InChI is InChI=1S/C12H7ClF2N2O3/c13-7-9(16)8(15)10(17-11(7)20-12(18)19)5-1-3-6(14)4-2-5/h1-4H,(H2,16,17)(H,18,19). The normalized spacial score (nSPS) is 10.3. The number of rotatable bonds is 2. The van der Waals surface area contributed by atoms with Crippen molar-refractivity contribution >= 4 is 23.4 Å². The summed E-state index contributed by atoms with van der Waals surface area (Å²) < 4.78 is 31.2. The van der Waals surface area contributed by atoms with Crippen molar-refractivity contribution in [2.45, 2.75) is 0 Å². The Balaban J connectivity index is 2.60. The smallest absolute Gasteiger partial charge is 0.449 e. The molecule has 0 aliphatic heterocycles. The summed E-state index contributed by atoms with van der Waals surface area (Å²) in [6.45, 7) is 0. The summed E-state index contributed by atoms with van der Waals surface area (Å²) in [6, 6.07) is 4.72. The van der Waals surface area contributed by atoms with Gasteiger partial charge in [0.15, 0.2) is 5.82 Å². The fourth-order valence-electron chi connectivity index (χ4n) is 1.49. The summed E-state index contributed by atoms with van der Waals surface area (Å²) in [6.07, 6.45) is -1.67. The molecule has 1 aromatic carbocycles. The molecule has 3 N–H and O–H groups in total. The Hall–Kier alpha value is -2.41. The van der Waals surface area contributed by atoms with E-state index in [1.807, 2.05) is 0 Å². The quantitative estimate of drug-likeness (QED) is 0.831. The number of anilines is 1. The van der Waals surface area contributed by atoms with E-state index in [1.165, 1.54) is 12.1 Å². The Morgan fingerprint density at radius 1 is 1.30 bits per heavy atom. The lowest BCUT2D eigenvalue weighted by atomic mass is 10.1. The van der Waals surface area contributed by atoms with Crippen LogP contribution in [-0.2, 0) is 0 Å². The fraction of sp³-hybridized carbons (Fsp3) is 0. The average Bonchev–Trinajstić information content (AvgIpc) is 2.40. The Morgan fingerprint density at radius 2 is 1.90 bits per heavy atom. The lowest BCUT2D eigenvalue weighted by molar-refractivity contribution is 0.142. The molecule has 0 atom stereocenters. The molecular formula is C12H7ClF2N2O3. The first kappa shape index (κ1) is 14.0. The number of hydrogen-bond acceptors (Lipinski definition) is 4. The lowest BCUT2D eigenvalue weighted by Crippen LogP contribution is -2.08. The van der Waals surface area contributed by atoms with Crippen LogP contribution in [0.15, 0.2) is 24.3 Å². The van der Waals surface area contributed by atoms with Crippen LogP contribution in [0, 0.1) is 11.6 Å². The van der Waals surface area contributed by atoms with Crippen molar-refractivity contribution in [1.82, 2.24) is 4.98 Å². The van der Waals surface area contributed by atoms with Crippen molar-refractivity contribution in [2.24, 2.45) is 0 Å². The van der Waals surface area contributed by atoms with Gasteiger partial charge < -0.3 is 15.6 Å². The number of nitrogen functional groups attached to an aromatic ring is 1. The van der Waals surface area contributed by atoms with E-state index in [2.05, 4.69) is 9.72 Å². The highest BCUT2D eigenvalue weighted by Gasteiger charge is 2.20. The van der Waals surface area contributed by atoms with Crippen molar-refractivity contribution in [3.05, 3.63) is 40.9 Å². The van der Waals surface area contributed by atoms with Crippen LogP contribution in [0.5, 0.6) is 5.88 Å². The molecule has 1 aromatic heterocycles. The van der Waals surface area contributed by atoms with Gasteiger partial charge in [-0.3, -0.25) is 0 Å². The van der Waals surface area contributed by atoms with Crippen LogP contribution in [0.3, 0.4) is 0 Å². The van der Waals surface area contributed by atoms with Gasteiger partial charge >= 0.3 is 6.16 Å². The number of nitrogens with zero attached hydrogens (tertiary/aromatic N) is 1. The minimum absolute atomic E-state index is 0.197. The minimum atomic E-state index is -1.67. The Kier molecular flexibility index (Phi) is 3.71. The monoisotopic (exact) mass is 300 g/mol. The maximum Gasteiger partial charge on any atom is 0.512 e. The number of ether oxygens (including phenoxy) is 1. The molecule has 0 amide bonds. The SMILES string of the molecule is Nc1c(F)c(-c2ccc(F)cc2)nc(OC(=O)O)c1Cl. The third kappa shape index (κ3) is 2.62. The van der Waals surface area contributed by atoms with E-state index in [4.69, 9.17) is 22.4 Å². The van der Waals surface area contributed by atoms with Gasteiger partial charge in [-0.1, -0.05) is 11.6 Å². The molecule has 0 spiro atoms. The topological polar surface area (TPSA) is 85.4 Å². The summed E-state index contributed by atoms with van der Waals surface area (Å²) >= 11 is 5.65. The van der Waals surface area contributed by atoms with Crippen LogP contribution in [-0.4, -0.2) is 16.2 Å². The molecule has 20 heavy (non-hydrogen) atoms. The van der Waals surface area contributed by atoms with Gasteiger partial charge in [-0.2, -0.15) is 0 Å². The first-order valence-electron chi connectivity index (χ1n) is 5.21. The first-order chi connectivity index (χ1) is 9.40. The summed E-state index contributed by atoms with van der Waals surface area (Å²) in [5.41, 5.74) is 4.84. The number of carbonyl (C=O) groups is 1. The van der Waals surface area contributed by atoms with Gasteiger partial charge in [0.05, 0.1) is 5.69 Å². The molecule has 2 rings (SSSR count). The van der Waals surface area contributed by atoms with Crippen LogP contribution in [0.1, 0.15) is 0 Å². The van der Waals surface area contributed by atoms with Crippen LogP contribution in [0.2, 0.25) is 5.02 Å². The molecule has 1 heterocycles. The first-order valence-corrected chi connectivity index (χ1v) is 5.59. The van der Waals surface area contributed by atoms with Gasteiger partial charge in [0, 0.05) is 5.56 Å². The lowest BCUT2D eigenvalue weighted by Gasteiger charge is -2.10. The maximum atomic E-state index is 14.0.